The highest BCUT2D eigenvalue weighted by Gasteiger charge is 2.24. The maximum absolute atomic E-state index is 12.2. The van der Waals surface area contributed by atoms with Gasteiger partial charge < -0.3 is 5.32 Å². The summed E-state index contributed by atoms with van der Waals surface area (Å²) in [6.45, 7) is -0.267. The average molecular weight is 373 g/mol. The third-order valence-corrected chi connectivity index (χ3v) is 4.77. The van der Waals surface area contributed by atoms with E-state index in [0.29, 0.717) is 11.1 Å². The molecule has 9 heteroatoms. The first-order chi connectivity index (χ1) is 12.4. The lowest BCUT2D eigenvalue weighted by atomic mass is 10.1. The maximum atomic E-state index is 12.2. The highest BCUT2D eigenvalue weighted by atomic mass is 32.2. The Morgan fingerprint density at radius 2 is 1.81 bits per heavy atom. The number of sulfonamides is 1. The van der Waals surface area contributed by atoms with Gasteiger partial charge >= 0.3 is 0 Å². The summed E-state index contributed by atoms with van der Waals surface area (Å²) in [5.74, 6) is 5.01. The van der Waals surface area contributed by atoms with Crippen molar-refractivity contribution < 1.29 is 18.1 Å². The monoisotopic (exact) mass is 373 g/mol. The van der Waals surface area contributed by atoms with Gasteiger partial charge in [-0.3, -0.25) is 14.9 Å². The maximum Gasteiger partial charge on any atom is 0.289 e. The van der Waals surface area contributed by atoms with E-state index in [1.165, 1.54) is 19.2 Å². The largest absolute Gasteiger partial charge is 0.355 e. The van der Waals surface area contributed by atoms with E-state index >= 15 is 0 Å². The van der Waals surface area contributed by atoms with E-state index in [9.17, 15) is 23.3 Å². The van der Waals surface area contributed by atoms with E-state index in [4.69, 9.17) is 0 Å². The molecule has 0 aliphatic heterocycles. The van der Waals surface area contributed by atoms with Crippen molar-refractivity contribution in [3.63, 3.8) is 0 Å². The predicted molar refractivity (Wildman–Crippen MR) is 95.0 cm³/mol. The molecule has 0 aliphatic rings. The molecule has 2 aromatic rings. The Kier molecular flexibility index (Phi) is 6.06. The normalized spacial score (nSPS) is 10.5. The van der Waals surface area contributed by atoms with E-state index in [2.05, 4.69) is 21.9 Å². The van der Waals surface area contributed by atoms with Crippen LogP contribution in [0.15, 0.2) is 53.4 Å². The fourth-order valence-electron chi connectivity index (χ4n) is 2.11. The van der Waals surface area contributed by atoms with Crippen molar-refractivity contribution >= 4 is 21.6 Å². The van der Waals surface area contributed by atoms with Crippen LogP contribution in [0.3, 0.4) is 0 Å². The van der Waals surface area contributed by atoms with Crippen LogP contribution in [0.4, 0.5) is 5.69 Å². The second kappa shape index (κ2) is 8.24. The number of rotatable bonds is 5. The van der Waals surface area contributed by atoms with Gasteiger partial charge in [0.1, 0.15) is 0 Å². The van der Waals surface area contributed by atoms with Crippen molar-refractivity contribution in [1.29, 1.82) is 0 Å². The third kappa shape index (κ3) is 4.44. The first-order valence-corrected chi connectivity index (χ1v) is 8.88. The Morgan fingerprint density at radius 1 is 1.15 bits per heavy atom. The van der Waals surface area contributed by atoms with E-state index in [1.807, 2.05) is 0 Å². The van der Waals surface area contributed by atoms with Crippen LogP contribution >= 0.6 is 0 Å². The Hall–Kier alpha value is -3.22. The fraction of sp³-hybridized carbons (Fsp3) is 0.118. The smallest absolute Gasteiger partial charge is 0.289 e. The predicted octanol–water partition coefficient (Wildman–Crippen LogP) is 1.28. The number of carbonyl (C=O) groups excluding carboxylic acids is 1. The van der Waals surface area contributed by atoms with E-state index in [0.717, 1.165) is 12.1 Å². The summed E-state index contributed by atoms with van der Waals surface area (Å²) in [6, 6.07) is 11.7. The molecule has 26 heavy (non-hydrogen) atoms. The number of carbonyl (C=O) groups is 1. The van der Waals surface area contributed by atoms with Crippen LogP contribution < -0.4 is 10.0 Å². The molecule has 0 heterocycles. The van der Waals surface area contributed by atoms with Crippen LogP contribution in [-0.4, -0.2) is 32.8 Å². The molecular weight excluding hydrogens is 358 g/mol. The molecule has 0 saturated carbocycles. The number of benzene rings is 2. The zero-order chi connectivity index (χ0) is 19.2. The number of para-hydroxylation sites is 1. The van der Waals surface area contributed by atoms with Gasteiger partial charge in [0.25, 0.3) is 11.6 Å². The van der Waals surface area contributed by atoms with Crippen molar-refractivity contribution in [2.45, 2.75) is 4.90 Å². The van der Waals surface area contributed by atoms with Gasteiger partial charge in [-0.05, 0) is 18.2 Å². The molecule has 0 atom stereocenters. The Bertz CT molecular complexity index is 1010. The summed E-state index contributed by atoms with van der Waals surface area (Å²) in [5, 5.41) is 13.5. The molecule has 0 radical (unpaired) electrons. The number of hydrogen-bond donors (Lipinski definition) is 2. The first-order valence-electron chi connectivity index (χ1n) is 7.40. The second-order valence-electron chi connectivity index (χ2n) is 4.98. The number of nitro groups is 1. The van der Waals surface area contributed by atoms with Gasteiger partial charge in [-0.1, -0.05) is 36.1 Å². The zero-order valence-electron chi connectivity index (χ0n) is 13.7. The first kappa shape index (κ1) is 19.1. The number of nitro benzene ring substituents is 1. The van der Waals surface area contributed by atoms with Gasteiger partial charge in [0.05, 0.1) is 17.0 Å². The molecule has 0 spiro atoms. The SMILES string of the molecule is CNC(=O)c1ccccc1C#CCNS(=O)(=O)c1ccccc1[N+](=O)[O-]. The van der Waals surface area contributed by atoms with Crippen LogP contribution in [0.1, 0.15) is 15.9 Å². The third-order valence-electron chi connectivity index (χ3n) is 3.32. The minimum absolute atomic E-state index is 0.267. The summed E-state index contributed by atoms with van der Waals surface area (Å²) < 4.78 is 26.7. The topological polar surface area (TPSA) is 118 Å². The molecule has 2 N–H and O–H groups in total. The highest BCUT2D eigenvalue weighted by molar-refractivity contribution is 7.89. The molecule has 0 fully saturated rings. The zero-order valence-corrected chi connectivity index (χ0v) is 14.5. The summed E-state index contributed by atoms with van der Waals surface area (Å²) in [7, 11) is -2.60. The van der Waals surface area contributed by atoms with Gasteiger partial charge in [-0.15, -0.1) is 0 Å². The van der Waals surface area contributed by atoms with Crippen molar-refractivity contribution in [2.24, 2.45) is 0 Å². The molecule has 0 aromatic heterocycles. The molecule has 0 aliphatic carbocycles. The highest BCUT2D eigenvalue weighted by Crippen LogP contribution is 2.22. The molecule has 0 unspecified atom stereocenters. The quantitative estimate of drug-likeness (QED) is 0.465. The molecular formula is C17H15N3O5S. The average Bonchev–Trinajstić information content (AvgIpc) is 2.65. The van der Waals surface area contributed by atoms with Gasteiger partial charge in [-0.25, -0.2) is 8.42 Å². The van der Waals surface area contributed by atoms with Gasteiger partial charge in [0, 0.05) is 18.7 Å². The number of nitrogens with zero attached hydrogens (tertiary/aromatic N) is 1. The second-order valence-corrected chi connectivity index (χ2v) is 6.71. The number of amides is 1. The van der Waals surface area contributed by atoms with Crippen molar-refractivity contribution in [1.82, 2.24) is 10.0 Å². The van der Waals surface area contributed by atoms with E-state index < -0.39 is 25.5 Å². The number of hydrogen-bond acceptors (Lipinski definition) is 5. The molecule has 1 amide bonds. The standard InChI is InChI=1S/C17H15N3O5S/c1-18-17(21)14-9-3-2-7-13(14)8-6-12-19-26(24,25)16-11-5-4-10-15(16)20(22)23/h2-5,7,9-11,19H,12H2,1H3,(H,18,21). The Labute approximate surface area is 150 Å². The van der Waals surface area contributed by atoms with E-state index in [-0.39, 0.29) is 12.5 Å². The molecule has 0 saturated heterocycles. The minimum atomic E-state index is -4.09. The van der Waals surface area contributed by atoms with Gasteiger partial charge in [-0.2, -0.15) is 4.72 Å². The lowest BCUT2D eigenvalue weighted by Crippen LogP contribution is -2.24. The fourth-order valence-corrected chi connectivity index (χ4v) is 3.20. The lowest BCUT2D eigenvalue weighted by molar-refractivity contribution is -0.387. The van der Waals surface area contributed by atoms with Crippen LogP contribution in [0.2, 0.25) is 0 Å². The van der Waals surface area contributed by atoms with Crippen LogP contribution in [0.5, 0.6) is 0 Å². The van der Waals surface area contributed by atoms with Crippen molar-refractivity contribution in [3.8, 4) is 11.8 Å². The number of nitrogens with one attached hydrogen (secondary N) is 2. The Morgan fingerprint density at radius 3 is 2.50 bits per heavy atom. The molecule has 8 nitrogen and oxygen atoms in total. The summed E-state index contributed by atoms with van der Waals surface area (Å²) in [6.07, 6.45) is 0. The summed E-state index contributed by atoms with van der Waals surface area (Å²) in [4.78, 5) is 21.5. The van der Waals surface area contributed by atoms with Crippen LogP contribution in [-0.2, 0) is 10.0 Å². The van der Waals surface area contributed by atoms with Crippen LogP contribution in [0.25, 0.3) is 0 Å². The minimum Gasteiger partial charge on any atom is -0.355 e. The molecule has 2 rings (SSSR count). The summed E-state index contributed by atoms with van der Waals surface area (Å²) >= 11 is 0. The lowest BCUT2D eigenvalue weighted by Gasteiger charge is -2.04. The Balaban J connectivity index is 2.18. The molecule has 134 valence electrons. The summed E-state index contributed by atoms with van der Waals surface area (Å²) in [5.41, 5.74) is 0.290. The van der Waals surface area contributed by atoms with Crippen molar-refractivity contribution in [2.75, 3.05) is 13.6 Å². The van der Waals surface area contributed by atoms with Gasteiger partial charge in [0.2, 0.25) is 10.0 Å². The molecule has 2 aromatic carbocycles. The van der Waals surface area contributed by atoms with Gasteiger partial charge in [0.15, 0.2) is 4.90 Å². The van der Waals surface area contributed by atoms with E-state index in [1.54, 1.807) is 24.3 Å². The van der Waals surface area contributed by atoms with Crippen molar-refractivity contribution in [3.05, 3.63) is 69.8 Å². The molecule has 0 bridgehead atoms. The van der Waals surface area contributed by atoms with Crippen LogP contribution in [0, 0.1) is 22.0 Å².